The predicted molar refractivity (Wildman–Crippen MR) is 45.5 cm³/mol. The van der Waals surface area contributed by atoms with E-state index in [0.717, 1.165) is 0 Å². The van der Waals surface area contributed by atoms with Crippen LogP contribution in [0.25, 0.3) is 0 Å². The SMILES string of the molecule is NC1CCC(C(C(F)(F)F)C(F)(F)F)CC1. The molecule has 2 N–H and O–H groups in total. The van der Waals surface area contributed by atoms with E-state index in [-0.39, 0.29) is 31.7 Å². The molecule has 0 saturated heterocycles. The van der Waals surface area contributed by atoms with Gasteiger partial charge >= 0.3 is 12.4 Å². The maximum Gasteiger partial charge on any atom is 0.400 e. The molecule has 0 aliphatic heterocycles. The molecule has 96 valence electrons. The van der Waals surface area contributed by atoms with Gasteiger partial charge in [0.2, 0.25) is 0 Å². The van der Waals surface area contributed by atoms with Gasteiger partial charge in [0.15, 0.2) is 5.92 Å². The number of rotatable bonds is 1. The molecular formula is C9H13F6N. The summed E-state index contributed by atoms with van der Waals surface area (Å²) in [5.74, 6) is -4.58. The van der Waals surface area contributed by atoms with Crippen LogP contribution in [0.5, 0.6) is 0 Å². The van der Waals surface area contributed by atoms with Crippen molar-refractivity contribution in [2.24, 2.45) is 17.6 Å². The summed E-state index contributed by atoms with van der Waals surface area (Å²) in [6, 6.07) is -0.265. The van der Waals surface area contributed by atoms with Crippen molar-refractivity contribution in [3.63, 3.8) is 0 Å². The molecule has 0 amide bonds. The van der Waals surface area contributed by atoms with Crippen LogP contribution in [0, 0.1) is 11.8 Å². The molecule has 0 atom stereocenters. The van der Waals surface area contributed by atoms with Gasteiger partial charge in [0.05, 0.1) is 0 Å². The molecule has 1 fully saturated rings. The van der Waals surface area contributed by atoms with Crippen molar-refractivity contribution in [1.82, 2.24) is 0 Å². The molecule has 0 aromatic carbocycles. The van der Waals surface area contributed by atoms with E-state index in [9.17, 15) is 26.3 Å². The van der Waals surface area contributed by atoms with Gasteiger partial charge in [0, 0.05) is 6.04 Å². The Kier molecular flexibility index (Phi) is 3.76. The lowest BCUT2D eigenvalue weighted by Gasteiger charge is -2.34. The van der Waals surface area contributed by atoms with Crippen LogP contribution in [0.3, 0.4) is 0 Å². The molecule has 7 heteroatoms. The minimum Gasteiger partial charge on any atom is -0.328 e. The molecular weight excluding hydrogens is 236 g/mol. The molecule has 1 aliphatic carbocycles. The zero-order valence-corrected chi connectivity index (χ0v) is 8.41. The van der Waals surface area contributed by atoms with Crippen LogP contribution in [-0.4, -0.2) is 18.4 Å². The quantitative estimate of drug-likeness (QED) is 0.709. The molecule has 0 spiro atoms. The third-order valence-corrected chi connectivity index (χ3v) is 2.99. The molecule has 1 saturated carbocycles. The third kappa shape index (κ3) is 3.26. The summed E-state index contributed by atoms with van der Waals surface area (Å²) >= 11 is 0. The molecule has 0 aromatic rings. The zero-order chi connectivity index (χ0) is 12.6. The molecule has 16 heavy (non-hydrogen) atoms. The fourth-order valence-corrected chi connectivity index (χ4v) is 2.20. The second kappa shape index (κ2) is 4.43. The molecule has 1 nitrogen and oxygen atoms in total. The van der Waals surface area contributed by atoms with Gasteiger partial charge in [-0.15, -0.1) is 0 Å². The average Bonchev–Trinajstić information content (AvgIpc) is 2.03. The van der Waals surface area contributed by atoms with Crippen molar-refractivity contribution in [3.05, 3.63) is 0 Å². The molecule has 0 bridgehead atoms. The fraction of sp³-hybridized carbons (Fsp3) is 1.00. The number of hydrogen-bond donors (Lipinski definition) is 1. The van der Waals surface area contributed by atoms with Crippen LogP contribution in [0.4, 0.5) is 26.3 Å². The third-order valence-electron chi connectivity index (χ3n) is 2.99. The highest BCUT2D eigenvalue weighted by Crippen LogP contribution is 2.47. The Morgan fingerprint density at radius 3 is 1.50 bits per heavy atom. The number of hydrogen-bond acceptors (Lipinski definition) is 1. The average molecular weight is 249 g/mol. The topological polar surface area (TPSA) is 26.0 Å². The largest absolute Gasteiger partial charge is 0.400 e. The first-order chi connectivity index (χ1) is 7.12. The fourth-order valence-electron chi connectivity index (χ4n) is 2.20. The van der Waals surface area contributed by atoms with Gasteiger partial charge in [0.25, 0.3) is 0 Å². The van der Waals surface area contributed by atoms with E-state index < -0.39 is 24.2 Å². The van der Waals surface area contributed by atoms with Crippen molar-refractivity contribution >= 4 is 0 Å². The van der Waals surface area contributed by atoms with E-state index >= 15 is 0 Å². The highest BCUT2D eigenvalue weighted by molar-refractivity contribution is 4.86. The molecule has 1 rings (SSSR count). The Hall–Kier alpha value is -0.460. The molecule has 0 heterocycles. The first-order valence-electron chi connectivity index (χ1n) is 5.01. The van der Waals surface area contributed by atoms with E-state index in [1.165, 1.54) is 0 Å². The lowest BCUT2D eigenvalue weighted by molar-refractivity contribution is -0.301. The van der Waals surface area contributed by atoms with Crippen molar-refractivity contribution in [2.45, 2.75) is 44.1 Å². The molecule has 0 aromatic heterocycles. The number of alkyl halides is 6. The van der Waals surface area contributed by atoms with Gasteiger partial charge in [-0.1, -0.05) is 0 Å². The highest BCUT2D eigenvalue weighted by atomic mass is 19.4. The van der Waals surface area contributed by atoms with E-state index in [1.807, 2.05) is 0 Å². The Morgan fingerprint density at radius 2 is 1.19 bits per heavy atom. The summed E-state index contributed by atoms with van der Waals surface area (Å²) in [4.78, 5) is 0. The van der Waals surface area contributed by atoms with Crippen LogP contribution in [0.2, 0.25) is 0 Å². The smallest absolute Gasteiger partial charge is 0.328 e. The summed E-state index contributed by atoms with van der Waals surface area (Å²) in [7, 11) is 0. The van der Waals surface area contributed by atoms with Gasteiger partial charge in [-0.3, -0.25) is 0 Å². The standard InChI is InChI=1S/C9H13F6N/c10-8(11,12)7(9(13,14)15)5-1-3-6(16)4-2-5/h5-7H,1-4,16H2. The second-order valence-electron chi connectivity index (χ2n) is 4.24. The second-order valence-corrected chi connectivity index (χ2v) is 4.24. The van der Waals surface area contributed by atoms with Gasteiger partial charge < -0.3 is 5.73 Å². The Bertz CT molecular complexity index is 211. The predicted octanol–water partition coefficient (Wildman–Crippen LogP) is 3.24. The van der Waals surface area contributed by atoms with E-state index in [2.05, 4.69) is 0 Å². The van der Waals surface area contributed by atoms with Crippen LogP contribution in [-0.2, 0) is 0 Å². The van der Waals surface area contributed by atoms with Crippen molar-refractivity contribution in [2.75, 3.05) is 0 Å². The Balaban J connectivity index is 2.78. The van der Waals surface area contributed by atoms with Crippen LogP contribution in [0.1, 0.15) is 25.7 Å². The lowest BCUT2D eigenvalue weighted by atomic mass is 9.77. The summed E-state index contributed by atoms with van der Waals surface area (Å²) < 4.78 is 74.1. The maximum absolute atomic E-state index is 12.3. The van der Waals surface area contributed by atoms with Gasteiger partial charge in [-0.2, -0.15) is 26.3 Å². The lowest BCUT2D eigenvalue weighted by Crippen LogP contribution is -2.44. The summed E-state index contributed by atoms with van der Waals surface area (Å²) in [5, 5.41) is 0. The molecule has 1 aliphatic rings. The molecule has 0 radical (unpaired) electrons. The van der Waals surface area contributed by atoms with Gasteiger partial charge in [-0.05, 0) is 31.6 Å². The highest BCUT2D eigenvalue weighted by Gasteiger charge is 2.59. The van der Waals surface area contributed by atoms with E-state index in [1.54, 1.807) is 0 Å². The normalized spacial score (nSPS) is 28.5. The van der Waals surface area contributed by atoms with Gasteiger partial charge in [0.1, 0.15) is 0 Å². The molecule has 0 unspecified atom stereocenters. The Morgan fingerprint density at radius 1 is 0.812 bits per heavy atom. The summed E-state index contributed by atoms with van der Waals surface area (Å²) in [6.45, 7) is 0. The van der Waals surface area contributed by atoms with E-state index in [0.29, 0.717) is 0 Å². The monoisotopic (exact) mass is 249 g/mol. The summed E-state index contributed by atoms with van der Waals surface area (Å²) in [5.41, 5.74) is 5.45. The number of halogens is 6. The van der Waals surface area contributed by atoms with Crippen molar-refractivity contribution < 1.29 is 26.3 Å². The van der Waals surface area contributed by atoms with Gasteiger partial charge in [-0.25, -0.2) is 0 Å². The Labute approximate surface area is 89.0 Å². The number of nitrogens with two attached hydrogens (primary N) is 1. The first-order valence-corrected chi connectivity index (χ1v) is 5.01. The minimum atomic E-state index is -5.22. The van der Waals surface area contributed by atoms with Crippen molar-refractivity contribution in [1.29, 1.82) is 0 Å². The van der Waals surface area contributed by atoms with Crippen molar-refractivity contribution in [3.8, 4) is 0 Å². The van der Waals surface area contributed by atoms with E-state index in [4.69, 9.17) is 5.73 Å². The zero-order valence-electron chi connectivity index (χ0n) is 8.41. The summed E-state index contributed by atoms with van der Waals surface area (Å²) in [6.07, 6.45) is -10.2. The maximum atomic E-state index is 12.3. The first kappa shape index (κ1) is 13.6. The van der Waals surface area contributed by atoms with Crippen LogP contribution >= 0.6 is 0 Å². The minimum absolute atomic E-state index is 0.106. The van der Waals surface area contributed by atoms with Crippen LogP contribution in [0.15, 0.2) is 0 Å². The van der Waals surface area contributed by atoms with Crippen LogP contribution < -0.4 is 5.73 Å².